The maximum atomic E-state index is 12.9. The van der Waals surface area contributed by atoms with Gasteiger partial charge in [0.05, 0.1) is 5.69 Å². The van der Waals surface area contributed by atoms with Crippen molar-refractivity contribution in [2.75, 3.05) is 11.9 Å². The van der Waals surface area contributed by atoms with Gasteiger partial charge in [0.25, 0.3) is 5.91 Å². The number of hydrogen-bond donors (Lipinski definition) is 1. The molecule has 8 heteroatoms. The van der Waals surface area contributed by atoms with E-state index in [2.05, 4.69) is 10.5 Å². The second-order valence-electron chi connectivity index (χ2n) is 5.13. The summed E-state index contributed by atoms with van der Waals surface area (Å²) >= 11 is 0. The van der Waals surface area contributed by atoms with Crippen LogP contribution in [0.3, 0.4) is 0 Å². The number of furan rings is 1. The number of aromatic nitrogens is 1. The zero-order valence-electron chi connectivity index (χ0n) is 13.1. The van der Waals surface area contributed by atoms with Gasteiger partial charge in [-0.1, -0.05) is 5.16 Å². The second kappa shape index (κ2) is 7.00. The Morgan fingerprint density at radius 3 is 2.64 bits per heavy atom. The lowest BCUT2D eigenvalue weighted by Crippen LogP contribution is -2.20. The SMILES string of the molecule is Cc1cc(NC(=O)COC(=O)c2ccc(-c3ccc(F)cc3)o2)on1. The number of aryl methyl sites for hydroxylation is 1. The molecule has 2 aromatic heterocycles. The summed E-state index contributed by atoms with van der Waals surface area (Å²) in [5.74, 6) is -1.26. The van der Waals surface area contributed by atoms with Crippen molar-refractivity contribution in [3.05, 3.63) is 59.7 Å². The molecule has 0 radical (unpaired) electrons. The van der Waals surface area contributed by atoms with E-state index in [1.165, 1.54) is 36.4 Å². The average molecular weight is 344 g/mol. The lowest BCUT2D eigenvalue weighted by molar-refractivity contribution is -0.119. The van der Waals surface area contributed by atoms with E-state index in [4.69, 9.17) is 13.7 Å². The molecule has 0 saturated heterocycles. The number of carbonyl (C=O) groups is 2. The number of ether oxygens (including phenoxy) is 1. The summed E-state index contributed by atoms with van der Waals surface area (Å²) in [4.78, 5) is 23.6. The molecule has 1 N–H and O–H groups in total. The summed E-state index contributed by atoms with van der Waals surface area (Å²) in [7, 11) is 0. The number of esters is 1. The number of rotatable bonds is 5. The summed E-state index contributed by atoms with van der Waals surface area (Å²) in [5, 5.41) is 6.01. The second-order valence-corrected chi connectivity index (χ2v) is 5.13. The first-order chi connectivity index (χ1) is 12.0. The van der Waals surface area contributed by atoms with E-state index in [1.54, 1.807) is 13.0 Å². The van der Waals surface area contributed by atoms with Crippen molar-refractivity contribution in [1.29, 1.82) is 0 Å². The molecule has 25 heavy (non-hydrogen) atoms. The number of hydrogen-bond acceptors (Lipinski definition) is 6. The predicted octanol–water partition coefficient (Wildman–Crippen LogP) is 3.18. The summed E-state index contributed by atoms with van der Waals surface area (Å²) in [6, 6.07) is 10.1. The number of halogens is 1. The molecule has 1 aromatic carbocycles. The standard InChI is InChI=1S/C17H13FN2O5/c1-10-8-16(25-20-10)19-15(21)9-23-17(22)14-7-6-13(24-14)11-2-4-12(18)5-3-11/h2-8H,9H2,1H3,(H,19,21). The molecule has 0 aliphatic rings. The first kappa shape index (κ1) is 16.4. The van der Waals surface area contributed by atoms with Crippen LogP contribution in [0.5, 0.6) is 0 Å². The van der Waals surface area contributed by atoms with Crippen LogP contribution >= 0.6 is 0 Å². The van der Waals surface area contributed by atoms with Gasteiger partial charge in [0.15, 0.2) is 6.61 Å². The summed E-state index contributed by atoms with van der Waals surface area (Å²) < 4.78 is 28.0. The number of nitrogens with one attached hydrogen (secondary N) is 1. The molecule has 0 saturated carbocycles. The lowest BCUT2D eigenvalue weighted by Gasteiger charge is -2.02. The third-order valence-electron chi connectivity index (χ3n) is 3.16. The Hall–Kier alpha value is -3.42. The highest BCUT2D eigenvalue weighted by Crippen LogP contribution is 2.22. The highest BCUT2D eigenvalue weighted by Gasteiger charge is 2.16. The van der Waals surface area contributed by atoms with Crippen molar-refractivity contribution in [3.63, 3.8) is 0 Å². The summed E-state index contributed by atoms with van der Waals surface area (Å²) in [6.07, 6.45) is 0. The third-order valence-corrected chi connectivity index (χ3v) is 3.16. The topological polar surface area (TPSA) is 94.6 Å². The molecule has 7 nitrogen and oxygen atoms in total. The van der Waals surface area contributed by atoms with Gasteiger partial charge < -0.3 is 13.7 Å². The van der Waals surface area contributed by atoms with Gasteiger partial charge in [-0.05, 0) is 43.3 Å². The van der Waals surface area contributed by atoms with Gasteiger partial charge in [-0.2, -0.15) is 0 Å². The first-order valence-corrected chi connectivity index (χ1v) is 7.27. The van der Waals surface area contributed by atoms with Crippen LogP contribution in [0.4, 0.5) is 10.3 Å². The molecule has 0 aliphatic heterocycles. The fraction of sp³-hybridized carbons (Fsp3) is 0.118. The van der Waals surface area contributed by atoms with Gasteiger partial charge in [-0.25, -0.2) is 9.18 Å². The van der Waals surface area contributed by atoms with E-state index in [0.717, 1.165) is 0 Å². The monoisotopic (exact) mass is 344 g/mol. The molecule has 1 amide bonds. The van der Waals surface area contributed by atoms with Gasteiger partial charge >= 0.3 is 5.97 Å². The Kier molecular flexibility index (Phi) is 4.60. The third kappa shape index (κ3) is 4.11. The van der Waals surface area contributed by atoms with Gasteiger partial charge in [0.2, 0.25) is 11.6 Å². The van der Waals surface area contributed by atoms with Crippen LogP contribution in [0.2, 0.25) is 0 Å². The van der Waals surface area contributed by atoms with Crippen molar-refractivity contribution in [2.45, 2.75) is 6.92 Å². The molecular formula is C17H13FN2O5. The van der Waals surface area contributed by atoms with E-state index in [-0.39, 0.29) is 17.5 Å². The molecule has 0 atom stereocenters. The first-order valence-electron chi connectivity index (χ1n) is 7.27. The predicted molar refractivity (Wildman–Crippen MR) is 84.3 cm³/mol. The maximum Gasteiger partial charge on any atom is 0.374 e. The van der Waals surface area contributed by atoms with E-state index in [1.807, 2.05) is 0 Å². The molecule has 3 rings (SSSR count). The van der Waals surface area contributed by atoms with Crippen LogP contribution in [0.1, 0.15) is 16.2 Å². The van der Waals surface area contributed by atoms with Crippen molar-refractivity contribution in [3.8, 4) is 11.3 Å². The highest BCUT2D eigenvalue weighted by atomic mass is 19.1. The smallest absolute Gasteiger partial charge is 0.374 e. The Bertz CT molecular complexity index is 898. The van der Waals surface area contributed by atoms with Crippen LogP contribution in [-0.4, -0.2) is 23.6 Å². The van der Waals surface area contributed by atoms with Crippen molar-refractivity contribution < 1.29 is 27.7 Å². The number of nitrogens with zero attached hydrogens (tertiary/aromatic N) is 1. The molecular weight excluding hydrogens is 331 g/mol. The molecule has 2 heterocycles. The minimum absolute atomic E-state index is 0.0670. The Balaban J connectivity index is 1.56. The van der Waals surface area contributed by atoms with Gasteiger partial charge in [-0.3, -0.25) is 10.1 Å². The summed E-state index contributed by atoms with van der Waals surface area (Å²) in [6.45, 7) is 1.19. The van der Waals surface area contributed by atoms with E-state index in [9.17, 15) is 14.0 Å². The van der Waals surface area contributed by atoms with Crippen LogP contribution in [0.25, 0.3) is 11.3 Å². The Labute approximate surface area is 141 Å². The van der Waals surface area contributed by atoms with E-state index < -0.39 is 18.5 Å². The molecule has 0 unspecified atom stereocenters. The number of benzene rings is 1. The quantitative estimate of drug-likeness (QED) is 0.714. The van der Waals surface area contributed by atoms with Gasteiger partial charge in [-0.15, -0.1) is 0 Å². The van der Waals surface area contributed by atoms with Crippen LogP contribution in [-0.2, 0) is 9.53 Å². The molecule has 0 spiro atoms. The van der Waals surface area contributed by atoms with Crippen LogP contribution in [0, 0.1) is 12.7 Å². The van der Waals surface area contributed by atoms with Gasteiger partial charge in [0.1, 0.15) is 11.6 Å². The Morgan fingerprint density at radius 2 is 1.96 bits per heavy atom. The lowest BCUT2D eigenvalue weighted by atomic mass is 10.2. The molecule has 128 valence electrons. The van der Waals surface area contributed by atoms with E-state index >= 15 is 0 Å². The zero-order valence-corrected chi connectivity index (χ0v) is 13.1. The van der Waals surface area contributed by atoms with Crippen LogP contribution < -0.4 is 5.32 Å². The molecule has 0 fully saturated rings. The minimum Gasteiger partial charge on any atom is -0.450 e. The average Bonchev–Trinajstić information content (AvgIpc) is 3.23. The van der Waals surface area contributed by atoms with Crippen molar-refractivity contribution >= 4 is 17.8 Å². The fourth-order valence-corrected chi connectivity index (χ4v) is 2.02. The number of anilines is 1. The highest BCUT2D eigenvalue weighted by molar-refractivity contribution is 5.94. The zero-order chi connectivity index (χ0) is 17.8. The molecule has 0 bridgehead atoms. The number of carbonyl (C=O) groups excluding carboxylic acids is 2. The normalized spacial score (nSPS) is 10.5. The summed E-state index contributed by atoms with van der Waals surface area (Å²) in [5.41, 5.74) is 1.22. The number of amides is 1. The largest absolute Gasteiger partial charge is 0.450 e. The van der Waals surface area contributed by atoms with Crippen molar-refractivity contribution in [2.24, 2.45) is 0 Å². The van der Waals surface area contributed by atoms with Crippen LogP contribution in [0.15, 0.2) is 51.4 Å². The van der Waals surface area contributed by atoms with Crippen molar-refractivity contribution in [1.82, 2.24) is 5.16 Å². The Morgan fingerprint density at radius 1 is 1.20 bits per heavy atom. The van der Waals surface area contributed by atoms with Gasteiger partial charge in [0, 0.05) is 11.6 Å². The molecule has 0 aliphatic carbocycles. The maximum absolute atomic E-state index is 12.9. The fourth-order valence-electron chi connectivity index (χ4n) is 2.02. The van der Waals surface area contributed by atoms with E-state index in [0.29, 0.717) is 17.0 Å². The molecule has 3 aromatic rings. The minimum atomic E-state index is -0.794.